The summed E-state index contributed by atoms with van der Waals surface area (Å²) in [4.78, 5) is 26.9. The molecule has 0 bridgehead atoms. The first kappa shape index (κ1) is 18.6. The molecule has 2 aromatic rings. The SMILES string of the molecule is C[C@H](NC(=O)C1CCN(C(=O)c2ccc(Br)cc2)CC1)c1ccccc1. The van der Waals surface area contributed by atoms with Gasteiger partial charge in [0.25, 0.3) is 5.91 Å². The molecule has 0 aromatic heterocycles. The number of hydrogen-bond acceptors (Lipinski definition) is 2. The summed E-state index contributed by atoms with van der Waals surface area (Å²) in [6, 6.07) is 17.3. The van der Waals surface area contributed by atoms with Gasteiger partial charge in [0.2, 0.25) is 5.91 Å². The van der Waals surface area contributed by atoms with Crippen LogP contribution in [0.3, 0.4) is 0 Å². The van der Waals surface area contributed by atoms with E-state index in [2.05, 4.69) is 21.2 Å². The molecular weight excluding hydrogens is 392 g/mol. The van der Waals surface area contributed by atoms with Gasteiger partial charge in [0.1, 0.15) is 0 Å². The Morgan fingerprint density at radius 3 is 2.27 bits per heavy atom. The third-order valence-corrected chi connectivity index (χ3v) is 5.43. The summed E-state index contributed by atoms with van der Waals surface area (Å²) in [7, 11) is 0. The zero-order chi connectivity index (χ0) is 18.5. The van der Waals surface area contributed by atoms with Crippen LogP contribution < -0.4 is 5.32 Å². The Morgan fingerprint density at radius 1 is 1.04 bits per heavy atom. The first-order valence-electron chi connectivity index (χ1n) is 8.95. The highest BCUT2D eigenvalue weighted by Crippen LogP contribution is 2.21. The van der Waals surface area contributed by atoms with Crippen LogP contribution in [-0.2, 0) is 4.79 Å². The van der Waals surface area contributed by atoms with Gasteiger partial charge in [-0.3, -0.25) is 9.59 Å². The monoisotopic (exact) mass is 414 g/mol. The fourth-order valence-electron chi connectivity index (χ4n) is 3.28. The van der Waals surface area contributed by atoms with Crippen LogP contribution >= 0.6 is 15.9 Å². The highest BCUT2D eigenvalue weighted by atomic mass is 79.9. The average molecular weight is 415 g/mol. The molecule has 136 valence electrons. The van der Waals surface area contributed by atoms with E-state index in [1.165, 1.54) is 0 Å². The molecule has 2 aromatic carbocycles. The zero-order valence-electron chi connectivity index (χ0n) is 14.8. The lowest BCUT2D eigenvalue weighted by molar-refractivity contribution is -0.126. The number of halogens is 1. The number of piperidine rings is 1. The minimum Gasteiger partial charge on any atom is -0.349 e. The molecule has 5 heteroatoms. The molecule has 1 N–H and O–H groups in total. The fraction of sp³-hybridized carbons (Fsp3) is 0.333. The van der Waals surface area contributed by atoms with E-state index in [1.54, 1.807) is 0 Å². The van der Waals surface area contributed by atoms with Crippen molar-refractivity contribution in [2.75, 3.05) is 13.1 Å². The summed E-state index contributed by atoms with van der Waals surface area (Å²) >= 11 is 3.38. The molecule has 1 aliphatic heterocycles. The number of rotatable bonds is 4. The summed E-state index contributed by atoms with van der Waals surface area (Å²) < 4.78 is 0.956. The number of nitrogens with one attached hydrogen (secondary N) is 1. The van der Waals surface area contributed by atoms with Crippen molar-refractivity contribution in [3.05, 3.63) is 70.2 Å². The molecule has 3 rings (SSSR count). The number of likely N-dealkylation sites (tertiary alicyclic amines) is 1. The highest BCUT2D eigenvalue weighted by Gasteiger charge is 2.28. The maximum absolute atomic E-state index is 12.6. The maximum Gasteiger partial charge on any atom is 0.253 e. The van der Waals surface area contributed by atoms with Gasteiger partial charge < -0.3 is 10.2 Å². The zero-order valence-corrected chi connectivity index (χ0v) is 16.4. The first-order chi connectivity index (χ1) is 12.5. The van der Waals surface area contributed by atoms with E-state index in [0.29, 0.717) is 31.5 Å². The quantitative estimate of drug-likeness (QED) is 0.815. The second-order valence-electron chi connectivity index (χ2n) is 6.71. The van der Waals surface area contributed by atoms with Gasteiger partial charge in [-0.2, -0.15) is 0 Å². The largest absolute Gasteiger partial charge is 0.349 e. The van der Waals surface area contributed by atoms with E-state index >= 15 is 0 Å². The lowest BCUT2D eigenvalue weighted by Gasteiger charge is -2.32. The van der Waals surface area contributed by atoms with Crippen molar-refractivity contribution < 1.29 is 9.59 Å². The van der Waals surface area contributed by atoms with Crippen LogP contribution in [0.5, 0.6) is 0 Å². The lowest BCUT2D eigenvalue weighted by atomic mass is 9.94. The molecule has 0 unspecified atom stereocenters. The van der Waals surface area contributed by atoms with Gasteiger partial charge in [0.05, 0.1) is 6.04 Å². The maximum atomic E-state index is 12.6. The van der Waals surface area contributed by atoms with Crippen molar-refractivity contribution in [3.63, 3.8) is 0 Å². The van der Waals surface area contributed by atoms with Gasteiger partial charge in [-0.25, -0.2) is 0 Å². The Balaban J connectivity index is 1.52. The van der Waals surface area contributed by atoms with Gasteiger partial charge in [0, 0.05) is 29.0 Å². The molecule has 1 atom stereocenters. The molecule has 1 aliphatic rings. The van der Waals surface area contributed by atoms with Gasteiger partial charge in [-0.05, 0) is 49.6 Å². The fourth-order valence-corrected chi connectivity index (χ4v) is 3.54. The number of amides is 2. The minimum atomic E-state index is -0.0323. The Kier molecular flexibility index (Phi) is 6.09. The molecular formula is C21H23BrN2O2. The lowest BCUT2D eigenvalue weighted by Crippen LogP contribution is -2.43. The van der Waals surface area contributed by atoms with Crippen LogP contribution in [0.15, 0.2) is 59.1 Å². The predicted octanol–water partition coefficient (Wildman–Crippen LogP) is 4.18. The number of hydrogen-bond donors (Lipinski definition) is 1. The van der Waals surface area contributed by atoms with Crippen LogP contribution in [0.1, 0.15) is 41.7 Å². The second kappa shape index (κ2) is 8.49. The second-order valence-corrected chi connectivity index (χ2v) is 7.63. The Morgan fingerprint density at radius 2 is 1.65 bits per heavy atom. The topological polar surface area (TPSA) is 49.4 Å². The van der Waals surface area contributed by atoms with Crippen molar-refractivity contribution in [2.45, 2.75) is 25.8 Å². The van der Waals surface area contributed by atoms with E-state index in [1.807, 2.05) is 66.4 Å². The Hall–Kier alpha value is -2.14. The molecule has 1 saturated heterocycles. The molecule has 0 saturated carbocycles. The summed E-state index contributed by atoms with van der Waals surface area (Å²) in [5.74, 6) is 0.0845. The summed E-state index contributed by atoms with van der Waals surface area (Å²) in [6.07, 6.45) is 1.41. The third-order valence-electron chi connectivity index (χ3n) is 4.90. The molecule has 0 spiro atoms. The van der Waals surface area contributed by atoms with Crippen molar-refractivity contribution in [1.82, 2.24) is 10.2 Å². The van der Waals surface area contributed by atoms with E-state index in [4.69, 9.17) is 0 Å². The predicted molar refractivity (Wildman–Crippen MR) is 106 cm³/mol. The average Bonchev–Trinajstić information content (AvgIpc) is 2.69. The standard InChI is InChI=1S/C21H23BrN2O2/c1-15(16-5-3-2-4-6-16)23-20(25)17-11-13-24(14-12-17)21(26)18-7-9-19(22)10-8-18/h2-10,15,17H,11-14H2,1H3,(H,23,25)/t15-/m0/s1. The summed E-state index contributed by atoms with van der Waals surface area (Å²) in [5, 5.41) is 3.10. The number of benzene rings is 2. The number of nitrogens with zero attached hydrogens (tertiary/aromatic N) is 1. The Labute approximate surface area is 162 Å². The van der Waals surface area contributed by atoms with E-state index in [-0.39, 0.29) is 23.8 Å². The van der Waals surface area contributed by atoms with E-state index < -0.39 is 0 Å². The number of carbonyl (C=O) groups is 2. The molecule has 26 heavy (non-hydrogen) atoms. The van der Waals surface area contributed by atoms with Crippen LogP contribution in [0, 0.1) is 5.92 Å². The summed E-state index contributed by atoms with van der Waals surface area (Å²) in [6.45, 7) is 3.23. The molecule has 0 aliphatic carbocycles. The normalized spacial score (nSPS) is 16.2. The van der Waals surface area contributed by atoms with Crippen molar-refractivity contribution in [2.24, 2.45) is 5.92 Å². The van der Waals surface area contributed by atoms with Gasteiger partial charge in [-0.1, -0.05) is 46.3 Å². The Bertz CT molecular complexity index is 753. The van der Waals surface area contributed by atoms with Crippen LogP contribution in [0.2, 0.25) is 0 Å². The van der Waals surface area contributed by atoms with Crippen molar-refractivity contribution in [1.29, 1.82) is 0 Å². The van der Waals surface area contributed by atoms with Gasteiger partial charge in [0.15, 0.2) is 0 Å². The van der Waals surface area contributed by atoms with E-state index in [9.17, 15) is 9.59 Å². The molecule has 0 radical (unpaired) electrons. The van der Waals surface area contributed by atoms with Crippen LogP contribution in [0.25, 0.3) is 0 Å². The van der Waals surface area contributed by atoms with Crippen molar-refractivity contribution >= 4 is 27.7 Å². The highest BCUT2D eigenvalue weighted by molar-refractivity contribution is 9.10. The number of carbonyl (C=O) groups excluding carboxylic acids is 2. The van der Waals surface area contributed by atoms with Gasteiger partial charge >= 0.3 is 0 Å². The first-order valence-corrected chi connectivity index (χ1v) is 9.74. The van der Waals surface area contributed by atoms with Gasteiger partial charge in [-0.15, -0.1) is 0 Å². The summed E-state index contributed by atoms with van der Waals surface area (Å²) in [5.41, 5.74) is 1.79. The van der Waals surface area contributed by atoms with Crippen molar-refractivity contribution in [3.8, 4) is 0 Å². The van der Waals surface area contributed by atoms with Crippen LogP contribution in [0.4, 0.5) is 0 Å². The molecule has 2 amide bonds. The molecule has 1 heterocycles. The van der Waals surface area contributed by atoms with Crippen LogP contribution in [-0.4, -0.2) is 29.8 Å². The molecule has 1 fully saturated rings. The minimum absolute atomic E-state index is 0.00822. The smallest absolute Gasteiger partial charge is 0.253 e. The third kappa shape index (κ3) is 4.52. The molecule has 4 nitrogen and oxygen atoms in total. The van der Waals surface area contributed by atoms with E-state index in [0.717, 1.165) is 10.0 Å².